The van der Waals surface area contributed by atoms with E-state index >= 15 is 0 Å². The summed E-state index contributed by atoms with van der Waals surface area (Å²) in [5.41, 5.74) is 5.18. The van der Waals surface area contributed by atoms with Gasteiger partial charge in [0.1, 0.15) is 5.02 Å². The molecule has 5 nitrogen and oxygen atoms in total. The third kappa shape index (κ3) is 4.28. The van der Waals surface area contributed by atoms with E-state index in [-0.39, 0.29) is 16.1 Å². The number of carboxylic acid groups (broad SMARTS) is 1. The summed E-state index contributed by atoms with van der Waals surface area (Å²) < 4.78 is 3.86. The number of aromatic nitrogens is 2. The van der Waals surface area contributed by atoms with Crippen molar-refractivity contribution in [3.05, 3.63) is 81.9 Å². The number of hydrogen-bond donors (Lipinski definition) is 1. The van der Waals surface area contributed by atoms with Crippen molar-refractivity contribution in [3.8, 4) is 22.3 Å². The average Bonchev–Trinajstić information content (AvgIpc) is 3.20. The van der Waals surface area contributed by atoms with Gasteiger partial charge in [0, 0.05) is 42.5 Å². The lowest BCUT2D eigenvalue weighted by molar-refractivity contribution is 0.0697. The van der Waals surface area contributed by atoms with Gasteiger partial charge in [0.05, 0.1) is 5.56 Å². The van der Waals surface area contributed by atoms with E-state index in [0.717, 1.165) is 39.7 Å². The number of halogens is 1. The van der Waals surface area contributed by atoms with E-state index in [2.05, 4.69) is 29.0 Å². The van der Waals surface area contributed by atoms with Crippen LogP contribution in [0.5, 0.6) is 0 Å². The summed E-state index contributed by atoms with van der Waals surface area (Å²) in [6.45, 7) is 0.960. The summed E-state index contributed by atoms with van der Waals surface area (Å²) in [6, 6.07) is 15.1. The smallest absolute Gasteiger partial charge is 0.335 e. The second-order valence-corrected chi connectivity index (χ2v) is 9.71. The van der Waals surface area contributed by atoms with Gasteiger partial charge in [-0.05, 0) is 59.7 Å². The molecule has 6 heteroatoms. The quantitative estimate of drug-likeness (QED) is 0.354. The number of hydrogen-bond acceptors (Lipinski definition) is 2. The Morgan fingerprint density at radius 3 is 2.35 bits per heavy atom. The SMILES string of the molecule is Cn1cc(-c2ccc3c(-c4ccc(C(=O)O)cc4)cn(CC4CCCCC4)c3c2)cc(Cl)c1=O. The van der Waals surface area contributed by atoms with Crippen LogP contribution in [0.1, 0.15) is 42.5 Å². The van der Waals surface area contributed by atoms with Crippen molar-refractivity contribution in [1.82, 2.24) is 9.13 Å². The molecule has 4 aromatic rings. The molecule has 0 spiro atoms. The van der Waals surface area contributed by atoms with Crippen molar-refractivity contribution in [2.24, 2.45) is 13.0 Å². The molecule has 0 amide bonds. The summed E-state index contributed by atoms with van der Waals surface area (Å²) >= 11 is 6.19. The monoisotopic (exact) mass is 474 g/mol. The second-order valence-electron chi connectivity index (χ2n) is 9.31. The Morgan fingerprint density at radius 1 is 0.971 bits per heavy atom. The molecule has 1 aliphatic carbocycles. The fraction of sp³-hybridized carbons (Fsp3) is 0.286. The van der Waals surface area contributed by atoms with Crippen LogP contribution in [0.25, 0.3) is 33.2 Å². The molecule has 2 heterocycles. The Balaban J connectivity index is 1.63. The number of fused-ring (bicyclic) bond motifs is 1. The molecular weight excluding hydrogens is 448 g/mol. The maximum atomic E-state index is 12.1. The van der Waals surface area contributed by atoms with E-state index in [1.165, 1.54) is 36.7 Å². The highest BCUT2D eigenvalue weighted by atomic mass is 35.5. The minimum Gasteiger partial charge on any atom is -0.478 e. The molecule has 0 bridgehead atoms. The van der Waals surface area contributed by atoms with E-state index in [1.807, 2.05) is 18.3 Å². The number of carboxylic acids is 1. The van der Waals surface area contributed by atoms with Crippen molar-refractivity contribution < 1.29 is 9.90 Å². The van der Waals surface area contributed by atoms with Gasteiger partial charge in [0.2, 0.25) is 0 Å². The first-order chi connectivity index (χ1) is 16.4. The highest BCUT2D eigenvalue weighted by Crippen LogP contribution is 2.36. The highest BCUT2D eigenvalue weighted by Gasteiger charge is 2.18. The largest absolute Gasteiger partial charge is 0.478 e. The molecule has 0 unspecified atom stereocenters. The molecule has 34 heavy (non-hydrogen) atoms. The minimum absolute atomic E-state index is 0.205. The van der Waals surface area contributed by atoms with Crippen molar-refractivity contribution in [3.63, 3.8) is 0 Å². The lowest BCUT2D eigenvalue weighted by Gasteiger charge is -2.22. The van der Waals surface area contributed by atoms with Crippen molar-refractivity contribution >= 4 is 28.5 Å². The van der Waals surface area contributed by atoms with Gasteiger partial charge in [-0.25, -0.2) is 4.79 Å². The van der Waals surface area contributed by atoms with Crippen LogP contribution >= 0.6 is 11.6 Å². The molecule has 0 radical (unpaired) electrons. The lowest BCUT2D eigenvalue weighted by Crippen LogP contribution is -2.16. The lowest BCUT2D eigenvalue weighted by atomic mass is 9.89. The van der Waals surface area contributed by atoms with Crippen molar-refractivity contribution in [2.75, 3.05) is 0 Å². The van der Waals surface area contributed by atoms with E-state index in [4.69, 9.17) is 11.6 Å². The Hall–Kier alpha value is -3.31. The van der Waals surface area contributed by atoms with Gasteiger partial charge in [0.25, 0.3) is 5.56 Å². The van der Waals surface area contributed by atoms with Crippen LogP contribution in [0.4, 0.5) is 0 Å². The van der Waals surface area contributed by atoms with Gasteiger partial charge in [-0.2, -0.15) is 0 Å². The maximum Gasteiger partial charge on any atom is 0.335 e. The number of pyridine rings is 1. The summed E-state index contributed by atoms with van der Waals surface area (Å²) in [5.74, 6) is -0.269. The standard InChI is InChI=1S/C28H27ClN2O3/c1-30-16-22(13-25(29)27(30)32)21-11-12-23-24(19-7-9-20(10-8-19)28(33)34)17-31(26(23)14-21)15-18-5-3-2-4-6-18/h7-14,16-18H,2-6,15H2,1H3,(H,33,34). The number of aromatic carboxylic acids is 1. The first-order valence-electron chi connectivity index (χ1n) is 11.7. The second kappa shape index (κ2) is 9.15. The molecule has 0 saturated heterocycles. The van der Waals surface area contributed by atoms with Crippen LogP contribution in [-0.2, 0) is 13.6 Å². The number of aryl methyl sites for hydroxylation is 1. The molecule has 2 aromatic heterocycles. The fourth-order valence-electron chi connectivity index (χ4n) is 5.12. The van der Waals surface area contributed by atoms with Crippen LogP contribution in [0, 0.1) is 5.92 Å². The summed E-state index contributed by atoms with van der Waals surface area (Å²) in [4.78, 5) is 23.3. The van der Waals surface area contributed by atoms with Crippen LogP contribution in [0.2, 0.25) is 5.02 Å². The first kappa shape index (κ1) is 22.5. The predicted octanol–water partition coefficient (Wildman–Crippen LogP) is 6.61. The third-order valence-electron chi connectivity index (χ3n) is 6.98. The van der Waals surface area contributed by atoms with Crippen LogP contribution in [0.15, 0.2) is 65.7 Å². The molecule has 0 aliphatic heterocycles. The summed E-state index contributed by atoms with van der Waals surface area (Å²) in [7, 11) is 1.71. The Bertz CT molecular complexity index is 1400. The van der Waals surface area contributed by atoms with E-state index in [0.29, 0.717) is 5.92 Å². The first-order valence-corrected chi connectivity index (χ1v) is 12.1. The molecule has 1 saturated carbocycles. The Morgan fingerprint density at radius 2 is 1.68 bits per heavy atom. The van der Waals surface area contributed by atoms with Crippen LogP contribution < -0.4 is 5.56 Å². The zero-order valence-electron chi connectivity index (χ0n) is 19.1. The average molecular weight is 475 g/mol. The van der Waals surface area contributed by atoms with Gasteiger partial charge in [-0.15, -0.1) is 0 Å². The van der Waals surface area contributed by atoms with Gasteiger partial charge >= 0.3 is 5.97 Å². The Kier molecular flexibility index (Phi) is 6.05. The van der Waals surface area contributed by atoms with E-state index < -0.39 is 5.97 Å². The third-order valence-corrected chi connectivity index (χ3v) is 7.25. The number of nitrogens with zero attached hydrogens (tertiary/aromatic N) is 2. The van der Waals surface area contributed by atoms with E-state index in [1.54, 1.807) is 25.2 Å². The van der Waals surface area contributed by atoms with Crippen LogP contribution in [-0.4, -0.2) is 20.2 Å². The van der Waals surface area contributed by atoms with Gasteiger partial charge in [0.15, 0.2) is 0 Å². The molecule has 1 fully saturated rings. The molecule has 174 valence electrons. The number of benzene rings is 2. The summed E-state index contributed by atoms with van der Waals surface area (Å²) in [6.07, 6.45) is 10.4. The number of carbonyl (C=O) groups is 1. The molecular formula is C28H27ClN2O3. The predicted molar refractivity (Wildman–Crippen MR) is 137 cm³/mol. The van der Waals surface area contributed by atoms with Gasteiger partial charge < -0.3 is 14.2 Å². The summed E-state index contributed by atoms with van der Waals surface area (Å²) in [5, 5.41) is 10.6. The maximum absolute atomic E-state index is 12.1. The fourth-order valence-corrected chi connectivity index (χ4v) is 5.37. The normalized spacial score (nSPS) is 14.5. The molecule has 2 aromatic carbocycles. The molecule has 5 rings (SSSR count). The van der Waals surface area contributed by atoms with Crippen molar-refractivity contribution in [1.29, 1.82) is 0 Å². The molecule has 1 aliphatic rings. The van der Waals surface area contributed by atoms with Gasteiger partial charge in [-0.3, -0.25) is 4.79 Å². The molecule has 1 N–H and O–H groups in total. The van der Waals surface area contributed by atoms with Crippen LogP contribution in [0.3, 0.4) is 0 Å². The van der Waals surface area contributed by atoms with Crippen molar-refractivity contribution in [2.45, 2.75) is 38.6 Å². The Labute approximate surface area is 203 Å². The van der Waals surface area contributed by atoms with Gasteiger partial charge in [-0.1, -0.05) is 55.1 Å². The van der Waals surface area contributed by atoms with E-state index in [9.17, 15) is 14.7 Å². The highest BCUT2D eigenvalue weighted by molar-refractivity contribution is 6.30. The minimum atomic E-state index is -0.924. The zero-order chi connectivity index (χ0) is 23.8. The topological polar surface area (TPSA) is 64.2 Å². The number of rotatable bonds is 5. The molecule has 0 atom stereocenters. The zero-order valence-corrected chi connectivity index (χ0v) is 19.9.